The molecule has 2 aromatic carbocycles. The van der Waals surface area contributed by atoms with E-state index in [1.54, 1.807) is 0 Å². The zero-order valence-electron chi connectivity index (χ0n) is 22.2. The van der Waals surface area contributed by atoms with Gasteiger partial charge in [-0.2, -0.15) is 0 Å². The minimum Gasteiger partial charge on any atom is -0.390 e. The lowest BCUT2D eigenvalue weighted by molar-refractivity contribution is 0.438. The van der Waals surface area contributed by atoms with Crippen LogP contribution in [0.4, 0.5) is 0 Å². The summed E-state index contributed by atoms with van der Waals surface area (Å²) in [6.45, 7) is 11.2. The van der Waals surface area contributed by atoms with Gasteiger partial charge in [0.2, 0.25) is 0 Å². The molecule has 0 heterocycles. The first kappa shape index (κ1) is 28.1. The second-order valence-corrected chi connectivity index (χ2v) is 10.1. The van der Waals surface area contributed by atoms with E-state index < -0.39 is 0 Å². The number of aryl methyl sites for hydroxylation is 3. The number of hydrogen-bond donors (Lipinski definition) is 3. The van der Waals surface area contributed by atoms with Crippen molar-refractivity contribution in [2.24, 2.45) is 23.3 Å². The molecule has 34 heavy (non-hydrogen) atoms. The third kappa shape index (κ3) is 9.64. The topological polar surface area (TPSA) is 64.1 Å². The zero-order valence-corrected chi connectivity index (χ0v) is 22.2. The van der Waals surface area contributed by atoms with Crippen molar-refractivity contribution in [3.63, 3.8) is 0 Å². The van der Waals surface area contributed by atoms with Crippen LogP contribution < -0.4 is 16.8 Å². The molecule has 1 unspecified atom stereocenters. The Labute approximate surface area is 209 Å². The summed E-state index contributed by atoms with van der Waals surface area (Å²) in [5, 5.41) is 3.44. The summed E-state index contributed by atoms with van der Waals surface area (Å²) in [6.07, 6.45) is 11.3. The molecule has 0 saturated heterocycles. The zero-order chi connectivity index (χ0) is 24.8. The monoisotopic (exact) mass is 463 g/mol. The van der Waals surface area contributed by atoms with E-state index in [1.807, 2.05) is 0 Å². The average Bonchev–Trinajstić information content (AvgIpc) is 2.83. The third-order valence-electron chi connectivity index (χ3n) is 6.71. The van der Waals surface area contributed by atoms with Crippen LogP contribution in [0.25, 0.3) is 5.57 Å². The van der Waals surface area contributed by atoms with Gasteiger partial charge in [0.1, 0.15) is 0 Å². The van der Waals surface area contributed by atoms with Gasteiger partial charge in [-0.05, 0) is 96.7 Å². The van der Waals surface area contributed by atoms with Crippen LogP contribution in [0, 0.1) is 11.8 Å². The summed E-state index contributed by atoms with van der Waals surface area (Å²) in [6, 6.07) is 16.1. The van der Waals surface area contributed by atoms with Crippen LogP contribution >= 0.6 is 0 Å². The lowest BCUT2D eigenvalue weighted by Gasteiger charge is -2.20. The standard InChI is InChI=1S/C31H49N3/c1-5-8-28-20-30(31(21-33)23-34-22-24(3)4)16-15-29(28)19-27(17-18-32)10-7-9-26-13-11-25(6-2)12-14-26/h11-16,20,23-24,27,34H,5-10,17-19,21-22,32-33H2,1-4H3/b31-23+. The Morgan fingerprint density at radius 2 is 1.65 bits per heavy atom. The Morgan fingerprint density at radius 3 is 2.26 bits per heavy atom. The minimum atomic E-state index is 0.547. The SMILES string of the molecule is CCCc1cc(/C(=C/NCC(C)C)CN)ccc1CC(CCN)CCCc1ccc(CC)cc1. The summed E-state index contributed by atoms with van der Waals surface area (Å²) in [5.41, 5.74) is 20.4. The molecule has 0 aliphatic carbocycles. The maximum Gasteiger partial charge on any atom is 0.0198 e. The summed E-state index contributed by atoms with van der Waals surface area (Å²) in [5.74, 6) is 1.25. The number of nitrogens with two attached hydrogens (primary N) is 2. The lowest BCUT2D eigenvalue weighted by atomic mass is 9.86. The molecule has 0 fully saturated rings. The molecule has 1 atom stereocenters. The fourth-order valence-corrected chi connectivity index (χ4v) is 4.64. The first-order valence-electron chi connectivity index (χ1n) is 13.5. The molecule has 0 aliphatic rings. The molecule has 2 rings (SSSR count). The number of nitrogens with one attached hydrogen (secondary N) is 1. The van der Waals surface area contributed by atoms with Gasteiger partial charge in [-0.1, -0.05) is 76.6 Å². The van der Waals surface area contributed by atoms with Gasteiger partial charge in [-0.3, -0.25) is 0 Å². The second-order valence-electron chi connectivity index (χ2n) is 10.1. The van der Waals surface area contributed by atoms with E-state index in [0.717, 1.165) is 51.6 Å². The van der Waals surface area contributed by atoms with Crippen LogP contribution in [0.3, 0.4) is 0 Å². The van der Waals surface area contributed by atoms with Gasteiger partial charge in [-0.15, -0.1) is 0 Å². The molecule has 3 heteroatoms. The quantitative estimate of drug-likeness (QED) is 0.275. The van der Waals surface area contributed by atoms with Crippen molar-refractivity contribution in [1.29, 1.82) is 0 Å². The molecule has 0 amide bonds. The summed E-state index contributed by atoms with van der Waals surface area (Å²) >= 11 is 0. The van der Waals surface area contributed by atoms with Gasteiger partial charge in [0.15, 0.2) is 0 Å². The average molecular weight is 464 g/mol. The maximum absolute atomic E-state index is 6.10. The van der Waals surface area contributed by atoms with Gasteiger partial charge in [0.05, 0.1) is 0 Å². The number of rotatable bonds is 16. The van der Waals surface area contributed by atoms with Crippen molar-refractivity contribution in [3.8, 4) is 0 Å². The Bertz CT molecular complexity index is 851. The van der Waals surface area contributed by atoms with Crippen molar-refractivity contribution in [3.05, 3.63) is 76.5 Å². The molecule has 3 nitrogen and oxygen atoms in total. The highest BCUT2D eigenvalue weighted by atomic mass is 14.8. The van der Waals surface area contributed by atoms with Crippen LogP contribution in [-0.4, -0.2) is 19.6 Å². The molecule has 0 spiro atoms. The van der Waals surface area contributed by atoms with Gasteiger partial charge in [-0.25, -0.2) is 0 Å². The van der Waals surface area contributed by atoms with Crippen LogP contribution in [-0.2, 0) is 25.7 Å². The first-order chi connectivity index (χ1) is 16.5. The smallest absolute Gasteiger partial charge is 0.0198 e. The highest BCUT2D eigenvalue weighted by molar-refractivity contribution is 5.67. The van der Waals surface area contributed by atoms with Crippen LogP contribution in [0.2, 0.25) is 0 Å². The van der Waals surface area contributed by atoms with E-state index in [9.17, 15) is 0 Å². The second kappa shape index (κ2) is 15.7. The van der Waals surface area contributed by atoms with Crippen molar-refractivity contribution >= 4 is 5.57 Å². The number of hydrogen-bond acceptors (Lipinski definition) is 3. The predicted molar refractivity (Wildman–Crippen MR) is 150 cm³/mol. The fourth-order valence-electron chi connectivity index (χ4n) is 4.64. The summed E-state index contributed by atoms with van der Waals surface area (Å²) in [4.78, 5) is 0. The fraction of sp³-hybridized carbons (Fsp3) is 0.548. The molecule has 0 aromatic heterocycles. The van der Waals surface area contributed by atoms with E-state index in [0.29, 0.717) is 18.4 Å². The van der Waals surface area contributed by atoms with Gasteiger partial charge >= 0.3 is 0 Å². The van der Waals surface area contributed by atoms with E-state index in [2.05, 4.69) is 81.7 Å². The van der Waals surface area contributed by atoms with Gasteiger partial charge in [0.25, 0.3) is 0 Å². The van der Waals surface area contributed by atoms with E-state index in [1.165, 1.54) is 46.2 Å². The maximum atomic E-state index is 6.10. The predicted octanol–water partition coefficient (Wildman–Crippen LogP) is 6.28. The van der Waals surface area contributed by atoms with E-state index >= 15 is 0 Å². The molecule has 5 N–H and O–H groups in total. The molecule has 188 valence electrons. The Hall–Kier alpha value is -2.10. The van der Waals surface area contributed by atoms with E-state index in [-0.39, 0.29) is 0 Å². The summed E-state index contributed by atoms with van der Waals surface area (Å²) in [7, 11) is 0. The highest BCUT2D eigenvalue weighted by Gasteiger charge is 2.13. The van der Waals surface area contributed by atoms with Crippen molar-refractivity contribution in [2.75, 3.05) is 19.6 Å². The third-order valence-corrected chi connectivity index (χ3v) is 6.71. The van der Waals surface area contributed by atoms with Crippen molar-refractivity contribution < 1.29 is 0 Å². The largest absolute Gasteiger partial charge is 0.390 e. The van der Waals surface area contributed by atoms with Crippen molar-refractivity contribution in [1.82, 2.24) is 5.32 Å². The van der Waals surface area contributed by atoms with Gasteiger partial charge in [0, 0.05) is 19.3 Å². The molecule has 0 bridgehead atoms. The normalized spacial score (nSPS) is 12.9. The first-order valence-corrected chi connectivity index (χ1v) is 13.5. The Balaban J connectivity index is 2.07. The Morgan fingerprint density at radius 1 is 0.912 bits per heavy atom. The molecule has 0 aliphatic heterocycles. The summed E-state index contributed by atoms with van der Waals surface area (Å²) < 4.78 is 0. The van der Waals surface area contributed by atoms with Gasteiger partial charge < -0.3 is 16.8 Å². The lowest BCUT2D eigenvalue weighted by Crippen LogP contribution is -2.16. The van der Waals surface area contributed by atoms with E-state index in [4.69, 9.17) is 11.5 Å². The Kier molecular flexibility index (Phi) is 13.0. The number of benzene rings is 2. The molecule has 2 aromatic rings. The van der Waals surface area contributed by atoms with Crippen LogP contribution in [0.15, 0.2) is 48.7 Å². The van der Waals surface area contributed by atoms with Crippen LogP contribution in [0.1, 0.15) is 81.2 Å². The van der Waals surface area contributed by atoms with Crippen molar-refractivity contribution in [2.45, 2.75) is 79.1 Å². The molecule has 0 saturated carbocycles. The molecular weight excluding hydrogens is 414 g/mol. The minimum absolute atomic E-state index is 0.547. The molecular formula is C31H49N3. The highest BCUT2D eigenvalue weighted by Crippen LogP contribution is 2.25. The molecule has 0 radical (unpaired) electrons. The van der Waals surface area contributed by atoms with Crippen LogP contribution in [0.5, 0.6) is 0 Å².